The van der Waals surface area contributed by atoms with E-state index in [0.29, 0.717) is 23.0 Å². The van der Waals surface area contributed by atoms with Crippen LogP contribution in [0.3, 0.4) is 0 Å². The molecule has 2 amide bonds. The van der Waals surface area contributed by atoms with Gasteiger partial charge < -0.3 is 16.0 Å². The maximum atomic E-state index is 12.3. The molecule has 0 unspecified atom stereocenters. The first-order chi connectivity index (χ1) is 13.5. The van der Waals surface area contributed by atoms with Crippen LogP contribution in [0, 0.1) is 12.8 Å². The average molecular weight is 396 g/mol. The number of rotatable bonds is 5. The second-order valence-corrected chi connectivity index (χ2v) is 7.62. The summed E-state index contributed by atoms with van der Waals surface area (Å²) in [5.41, 5.74) is 3.00. The predicted octanol–water partition coefficient (Wildman–Crippen LogP) is 4.64. The Kier molecular flexibility index (Phi) is 6.76. The highest BCUT2D eigenvalue weighted by atomic mass is 32.1. The summed E-state index contributed by atoms with van der Waals surface area (Å²) >= 11 is 5.25. The Morgan fingerprint density at radius 3 is 2.43 bits per heavy atom. The summed E-state index contributed by atoms with van der Waals surface area (Å²) in [5, 5.41) is 9.00. The van der Waals surface area contributed by atoms with Gasteiger partial charge in [-0.25, -0.2) is 0 Å². The molecule has 1 saturated carbocycles. The third kappa shape index (κ3) is 5.63. The zero-order valence-corrected chi connectivity index (χ0v) is 16.8. The first kappa shape index (κ1) is 20.0. The second kappa shape index (κ2) is 9.46. The van der Waals surface area contributed by atoms with E-state index in [4.69, 9.17) is 12.2 Å². The van der Waals surface area contributed by atoms with Crippen LogP contribution in [0.25, 0.3) is 0 Å². The number of benzene rings is 2. The molecule has 28 heavy (non-hydrogen) atoms. The molecular weight excluding hydrogens is 370 g/mol. The molecule has 1 aliphatic carbocycles. The van der Waals surface area contributed by atoms with Crippen LogP contribution in [0.1, 0.15) is 48.0 Å². The van der Waals surface area contributed by atoms with Crippen molar-refractivity contribution in [1.29, 1.82) is 0 Å². The van der Waals surface area contributed by atoms with Gasteiger partial charge in [0.2, 0.25) is 5.91 Å². The van der Waals surface area contributed by atoms with Gasteiger partial charge in [-0.1, -0.05) is 31.0 Å². The van der Waals surface area contributed by atoms with E-state index >= 15 is 0 Å². The number of carbonyl (C=O) groups is 2. The van der Waals surface area contributed by atoms with Gasteiger partial charge >= 0.3 is 0 Å². The molecule has 5 nitrogen and oxygen atoms in total. The Balaban J connectivity index is 1.53. The minimum absolute atomic E-state index is 0.0344. The molecule has 3 rings (SSSR count). The topological polar surface area (TPSA) is 70.2 Å². The molecule has 3 N–H and O–H groups in total. The summed E-state index contributed by atoms with van der Waals surface area (Å²) in [5.74, 6) is 0.296. The second-order valence-electron chi connectivity index (χ2n) is 7.21. The molecule has 0 heterocycles. The van der Waals surface area contributed by atoms with Gasteiger partial charge in [0.05, 0.1) is 0 Å². The van der Waals surface area contributed by atoms with Crippen LogP contribution >= 0.6 is 12.2 Å². The fourth-order valence-corrected chi connectivity index (χ4v) is 3.71. The van der Waals surface area contributed by atoms with Crippen LogP contribution in [-0.2, 0) is 4.79 Å². The quantitative estimate of drug-likeness (QED) is 0.645. The summed E-state index contributed by atoms with van der Waals surface area (Å²) in [6.07, 6.45) is 5.22. The first-order valence-corrected chi connectivity index (χ1v) is 10.00. The van der Waals surface area contributed by atoms with Gasteiger partial charge in [0.1, 0.15) is 0 Å². The number of thiocarbonyl (C=S) groups is 1. The van der Waals surface area contributed by atoms with Crippen molar-refractivity contribution in [3.05, 3.63) is 59.7 Å². The Bertz CT molecular complexity index is 861. The lowest BCUT2D eigenvalue weighted by atomic mass is 10.0. The van der Waals surface area contributed by atoms with Crippen molar-refractivity contribution in [3.63, 3.8) is 0 Å². The highest BCUT2D eigenvalue weighted by Gasteiger charge is 2.19. The zero-order chi connectivity index (χ0) is 19.9. The number of aryl methyl sites for hydroxylation is 1. The molecule has 2 aromatic carbocycles. The number of amides is 2. The van der Waals surface area contributed by atoms with E-state index in [9.17, 15) is 9.59 Å². The Labute approximate surface area is 170 Å². The minimum atomic E-state index is -0.154. The van der Waals surface area contributed by atoms with Crippen molar-refractivity contribution in [1.82, 2.24) is 5.32 Å². The van der Waals surface area contributed by atoms with E-state index in [2.05, 4.69) is 16.0 Å². The van der Waals surface area contributed by atoms with E-state index in [1.165, 1.54) is 12.8 Å². The Morgan fingerprint density at radius 2 is 1.75 bits per heavy atom. The van der Waals surface area contributed by atoms with Crippen LogP contribution in [0.2, 0.25) is 0 Å². The molecular formula is C22H25N3O2S. The normalized spacial score (nSPS) is 13.8. The van der Waals surface area contributed by atoms with Crippen LogP contribution < -0.4 is 16.0 Å². The van der Waals surface area contributed by atoms with E-state index in [1.807, 2.05) is 43.3 Å². The summed E-state index contributed by atoms with van der Waals surface area (Å²) in [7, 11) is 0. The fraction of sp³-hybridized carbons (Fsp3) is 0.318. The smallest absolute Gasteiger partial charge is 0.255 e. The van der Waals surface area contributed by atoms with Crippen molar-refractivity contribution >= 4 is 40.5 Å². The standard InChI is InChI=1S/C22H25N3O2S/c1-15-13-18(23-22(28)25-20(26)14-16-7-5-6-8-16)11-12-19(15)24-21(27)17-9-3-2-4-10-17/h2-4,9-13,16H,5-8,14H2,1H3,(H,24,27)(H2,23,25,26,28). The maximum absolute atomic E-state index is 12.3. The monoisotopic (exact) mass is 395 g/mol. The van der Waals surface area contributed by atoms with Gasteiger partial charge in [-0.3, -0.25) is 9.59 Å². The van der Waals surface area contributed by atoms with Crippen LogP contribution in [0.4, 0.5) is 11.4 Å². The molecule has 146 valence electrons. The van der Waals surface area contributed by atoms with Crippen molar-refractivity contribution < 1.29 is 9.59 Å². The number of hydrogen-bond acceptors (Lipinski definition) is 3. The highest BCUT2D eigenvalue weighted by Crippen LogP contribution is 2.27. The number of nitrogens with one attached hydrogen (secondary N) is 3. The van der Waals surface area contributed by atoms with Crippen LogP contribution in [0.5, 0.6) is 0 Å². The van der Waals surface area contributed by atoms with Crippen molar-refractivity contribution in [2.45, 2.75) is 39.0 Å². The number of anilines is 2. The summed E-state index contributed by atoms with van der Waals surface area (Å²) in [6, 6.07) is 14.6. The largest absolute Gasteiger partial charge is 0.332 e. The minimum Gasteiger partial charge on any atom is -0.332 e. The predicted molar refractivity (Wildman–Crippen MR) is 117 cm³/mol. The zero-order valence-electron chi connectivity index (χ0n) is 16.0. The van der Waals surface area contributed by atoms with Gasteiger partial charge in [0.15, 0.2) is 5.11 Å². The molecule has 0 radical (unpaired) electrons. The molecule has 0 atom stereocenters. The van der Waals surface area contributed by atoms with Gasteiger partial charge in [0.25, 0.3) is 5.91 Å². The molecule has 0 saturated heterocycles. The lowest BCUT2D eigenvalue weighted by Crippen LogP contribution is -2.34. The highest BCUT2D eigenvalue weighted by molar-refractivity contribution is 7.80. The average Bonchev–Trinajstić information content (AvgIpc) is 3.17. The molecule has 0 spiro atoms. The molecule has 1 aliphatic rings. The van der Waals surface area contributed by atoms with Crippen molar-refractivity contribution in [2.75, 3.05) is 10.6 Å². The van der Waals surface area contributed by atoms with Gasteiger partial charge in [0, 0.05) is 23.4 Å². The van der Waals surface area contributed by atoms with Crippen LogP contribution in [0.15, 0.2) is 48.5 Å². The Hall–Kier alpha value is -2.73. The van der Waals surface area contributed by atoms with Gasteiger partial charge in [-0.15, -0.1) is 0 Å². The third-order valence-corrected chi connectivity index (χ3v) is 5.17. The molecule has 0 aromatic heterocycles. The number of carbonyl (C=O) groups excluding carboxylic acids is 2. The molecule has 1 fully saturated rings. The summed E-state index contributed by atoms with van der Waals surface area (Å²) < 4.78 is 0. The van der Waals surface area contributed by atoms with E-state index in [1.54, 1.807) is 12.1 Å². The maximum Gasteiger partial charge on any atom is 0.255 e. The van der Waals surface area contributed by atoms with Crippen LogP contribution in [-0.4, -0.2) is 16.9 Å². The lowest BCUT2D eigenvalue weighted by molar-refractivity contribution is -0.120. The SMILES string of the molecule is Cc1cc(NC(=S)NC(=O)CC2CCCC2)ccc1NC(=O)c1ccccc1. The lowest BCUT2D eigenvalue weighted by Gasteiger charge is -2.14. The van der Waals surface area contributed by atoms with Crippen molar-refractivity contribution in [3.8, 4) is 0 Å². The van der Waals surface area contributed by atoms with E-state index in [0.717, 1.165) is 29.8 Å². The van der Waals surface area contributed by atoms with E-state index < -0.39 is 0 Å². The van der Waals surface area contributed by atoms with Crippen molar-refractivity contribution in [2.24, 2.45) is 5.92 Å². The molecule has 0 aliphatic heterocycles. The summed E-state index contributed by atoms with van der Waals surface area (Å²) in [6.45, 7) is 1.91. The molecule has 0 bridgehead atoms. The molecule has 2 aromatic rings. The Morgan fingerprint density at radius 1 is 1.04 bits per heavy atom. The fourth-order valence-electron chi connectivity index (χ4n) is 3.48. The molecule has 6 heteroatoms. The summed E-state index contributed by atoms with van der Waals surface area (Å²) in [4.78, 5) is 24.4. The third-order valence-electron chi connectivity index (χ3n) is 4.97. The number of hydrogen-bond donors (Lipinski definition) is 3. The van der Waals surface area contributed by atoms with Gasteiger partial charge in [-0.05, 0) is 73.8 Å². The first-order valence-electron chi connectivity index (χ1n) is 9.59. The van der Waals surface area contributed by atoms with Gasteiger partial charge in [-0.2, -0.15) is 0 Å². The van der Waals surface area contributed by atoms with E-state index in [-0.39, 0.29) is 11.8 Å².